The molecule has 148 valence electrons. The first-order valence-corrected chi connectivity index (χ1v) is 11.8. The van der Waals surface area contributed by atoms with E-state index in [0.717, 1.165) is 48.3 Å². The summed E-state index contributed by atoms with van der Waals surface area (Å²) in [5.41, 5.74) is 1.28. The topological polar surface area (TPSA) is 20.2 Å². The van der Waals surface area contributed by atoms with Gasteiger partial charge >= 0.3 is 0 Å². The summed E-state index contributed by atoms with van der Waals surface area (Å²) in [7, 11) is 0. The van der Waals surface area contributed by atoms with Crippen LogP contribution in [0.2, 0.25) is 0 Å². The van der Waals surface area contributed by atoms with Gasteiger partial charge in [-0.25, -0.2) is 0 Å². The van der Waals surface area contributed by atoms with Gasteiger partial charge in [-0.15, -0.1) is 0 Å². The first-order valence-electron chi connectivity index (χ1n) is 11.8. The quantitative estimate of drug-likeness (QED) is 0.447. The van der Waals surface area contributed by atoms with Crippen molar-refractivity contribution in [2.75, 3.05) is 0 Å². The summed E-state index contributed by atoms with van der Waals surface area (Å²) in [5, 5.41) is 11.1. The number of aliphatic hydroxyl groups is 1. The second-order valence-corrected chi connectivity index (χ2v) is 11.3. The number of rotatable bonds is 1. The van der Waals surface area contributed by atoms with Gasteiger partial charge in [0.25, 0.3) is 0 Å². The summed E-state index contributed by atoms with van der Waals surface area (Å²) in [4.78, 5) is 0. The lowest BCUT2D eigenvalue weighted by Crippen LogP contribution is -2.50. The van der Waals surface area contributed by atoms with E-state index in [2.05, 4.69) is 32.3 Å². The molecule has 0 spiro atoms. The molecule has 0 amide bonds. The fraction of sp³-hybridized carbons (Fsp3) is 0.846. The molecule has 0 aromatic heterocycles. The van der Waals surface area contributed by atoms with Crippen LogP contribution in [0.15, 0.2) is 12.2 Å². The predicted octanol–water partition coefficient (Wildman–Crippen LogP) is 5.98. The Morgan fingerprint density at radius 1 is 0.926 bits per heavy atom. The highest BCUT2D eigenvalue weighted by molar-refractivity contribution is 5.21. The average molecular weight is 367 g/mol. The normalized spacial score (nSPS) is 51.4. The van der Waals surface area contributed by atoms with Crippen LogP contribution in [-0.4, -0.2) is 10.7 Å². The largest absolute Gasteiger partial charge is 0.378 e. The van der Waals surface area contributed by atoms with E-state index in [0.29, 0.717) is 11.3 Å². The van der Waals surface area contributed by atoms with Crippen LogP contribution < -0.4 is 0 Å². The molecule has 5 aliphatic carbocycles. The molecule has 0 aliphatic heterocycles. The van der Waals surface area contributed by atoms with Crippen molar-refractivity contribution in [2.45, 2.75) is 90.1 Å². The Balaban J connectivity index is 1.32. The molecule has 1 heteroatoms. The van der Waals surface area contributed by atoms with E-state index in [1.165, 1.54) is 63.4 Å². The molecule has 5 fully saturated rings. The molecule has 0 radical (unpaired) electrons. The highest BCUT2D eigenvalue weighted by Gasteiger charge is 2.57. The summed E-state index contributed by atoms with van der Waals surface area (Å²) >= 11 is 0. The van der Waals surface area contributed by atoms with Gasteiger partial charge < -0.3 is 5.11 Å². The summed E-state index contributed by atoms with van der Waals surface area (Å²) in [5.74, 6) is 12.4. The molecule has 0 unspecified atom stereocenters. The molecule has 5 saturated carbocycles. The maximum atomic E-state index is 11.1. The van der Waals surface area contributed by atoms with Crippen molar-refractivity contribution >= 4 is 0 Å². The van der Waals surface area contributed by atoms with Gasteiger partial charge in [-0.05, 0) is 118 Å². The minimum absolute atomic E-state index is 0.519. The Hall–Kier alpha value is -0.740. The number of hydrogen-bond donors (Lipinski definition) is 1. The van der Waals surface area contributed by atoms with Crippen LogP contribution in [0.4, 0.5) is 0 Å². The summed E-state index contributed by atoms with van der Waals surface area (Å²) in [6, 6.07) is 0. The van der Waals surface area contributed by atoms with Crippen LogP contribution in [0.5, 0.6) is 0 Å². The molecule has 8 atom stereocenters. The van der Waals surface area contributed by atoms with Crippen molar-refractivity contribution in [3.8, 4) is 11.8 Å². The van der Waals surface area contributed by atoms with E-state index in [4.69, 9.17) is 0 Å². The molecule has 0 aromatic carbocycles. The molecule has 1 nitrogen and oxygen atoms in total. The molecule has 0 saturated heterocycles. The van der Waals surface area contributed by atoms with Crippen molar-refractivity contribution in [2.24, 2.45) is 46.8 Å². The molecule has 0 aromatic rings. The minimum Gasteiger partial charge on any atom is -0.378 e. The maximum Gasteiger partial charge on any atom is 0.125 e. The first kappa shape index (κ1) is 18.3. The number of hydrogen-bond acceptors (Lipinski definition) is 1. The third kappa shape index (κ3) is 3.02. The Bertz CT molecular complexity index is 678. The van der Waals surface area contributed by atoms with Gasteiger partial charge in [0.05, 0.1) is 0 Å². The van der Waals surface area contributed by atoms with Crippen molar-refractivity contribution in [3.05, 3.63) is 12.2 Å². The highest BCUT2D eigenvalue weighted by Crippen LogP contribution is 2.65. The zero-order valence-electron chi connectivity index (χ0n) is 17.5. The Morgan fingerprint density at radius 3 is 2.44 bits per heavy atom. The lowest BCUT2D eigenvalue weighted by atomic mass is 9.49. The van der Waals surface area contributed by atoms with Gasteiger partial charge in [-0.2, -0.15) is 0 Å². The molecule has 27 heavy (non-hydrogen) atoms. The van der Waals surface area contributed by atoms with Gasteiger partial charge in [0.2, 0.25) is 0 Å². The Kier molecular flexibility index (Phi) is 4.33. The summed E-state index contributed by atoms with van der Waals surface area (Å²) < 4.78 is 0. The lowest BCUT2D eigenvalue weighted by Gasteiger charge is -2.57. The van der Waals surface area contributed by atoms with E-state index in [9.17, 15) is 5.11 Å². The van der Waals surface area contributed by atoms with E-state index < -0.39 is 5.60 Å². The molecule has 0 bridgehead atoms. The molecule has 0 heterocycles. The Labute approximate surface area is 166 Å². The second kappa shape index (κ2) is 6.38. The van der Waals surface area contributed by atoms with Crippen molar-refractivity contribution in [1.82, 2.24) is 0 Å². The summed E-state index contributed by atoms with van der Waals surface area (Å²) in [6.07, 6.45) is 14.0. The van der Waals surface area contributed by atoms with Crippen LogP contribution in [-0.2, 0) is 0 Å². The molecular weight excluding hydrogens is 328 g/mol. The molecule has 5 aliphatic rings. The molecule has 5 rings (SSSR count). The highest BCUT2D eigenvalue weighted by atomic mass is 16.3. The standard InChI is InChI=1S/C26H38O/c1-17(2)23-8-9-24-22-7-6-19-16-26(27,14-10-18-4-5-18)15-12-20(19)21(22)11-13-25(23,24)3/h18-24,27H,1,4-9,11-13,15-16H2,2-3H3/t19-,20+,21-,22-,23-,24+,25-,26+/m1/s1. The van der Waals surface area contributed by atoms with Gasteiger partial charge in [-0.1, -0.05) is 30.9 Å². The van der Waals surface area contributed by atoms with Crippen molar-refractivity contribution < 1.29 is 5.11 Å². The smallest absolute Gasteiger partial charge is 0.125 e. The van der Waals surface area contributed by atoms with Gasteiger partial charge in [0.15, 0.2) is 0 Å². The SMILES string of the molecule is C=C(C)[C@H]1CC[C@H]2[C@@H]3CC[C@@H]4C[C@](O)(C#CC5CC5)CC[C@@H]4[C@H]3CC[C@]12C. The van der Waals surface area contributed by atoms with Crippen LogP contribution in [0.25, 0.3) is 0 Å². The first-order chi connectivity index (χ1) is 12.9. The Morgan fingerprint density at radius 2 is 1.70 bits per heavy atom. The van der Waals surface area contributed by atoms with Crippen LogP contribution >= 0.6 is 0 Å². The summed E-state index contributed by atoms with van der Waals surface area (Å²) in [6.45, 7) is 9.22. The van der Waals surface area contributed by atoms with Gasteiger partial charge in [-0.3, -0.25) is 0 Å². The third-order valence-electron chi connectivity index (χ3n) is 9.69. The molecular formula is C26H38O. The van der Waals surface area contributed by atoms with Crippen molar-refractivity contribution in [3.63, 3.8) is 0 Å². The predicted molar refractivity (Wildman–Crippen MR) is 111 cm³/mol. The molecule has 1 N–H and O–H groups in total. The van der Waals surface area contributed by atoms with Gasteiger partial charge in [0, 0.05) is 5.92 Å². The monoisotopic (exact) mass is 366 g/mol. The zero-order valence-corrected chi connectivity index (χ0v) is 17.5. The second-order valence-electron chi connectivity index (χ2n) is 11.3. The van der Waals surface area contributed by atoms with Crippen LogP contribution in [0.1, 0.15) is 84.5 Å². The van der Waals surface area contributed by atoms with Crippen LogP contribution in [0, 0.1) is 58.7 Å². The van der Waals surface area contributed by atoms with Crippen molar-refractivity contribution in [1.29, 1.82) is 0 Å². The fourth-order valence-electron chi connectivity index (χ4n) is 8.27. The fourth-order valence-corrected chi connectivity index (χ4v) is 8.27. The zero-order chi connectivity index (χ0) is 18.8. The number of allylic oxidation sites excluding steroid dienone is 1. The number of fused-ring (bicyclic) bond motifs is 5. The third-order valence-corrected chi connectivity index (χ3v) is 9.69. The average Bonchev–Trinajstić information content (AvgIpc) is 3.39. The van der Waals surface area contributed by atoms with Gasteiger partial charge in [0.1, 0.15) is 5.60 Å². The van der Waals surface area contributed by atoms with E-state index in [1.807, 2.05) is 0 Å². The van der Waals surface area contributed by atoms with E-state index >= 15 is 0 Å². The van der Waals surface area contributed by atoms with E-state index in [-0.39, 0.29) is 0 Å². The minimum atomic E-state index is -0.668. The van der Waals surface area contributed by atoms with E-state index in [1.54, 1.807) is 0 Å². The van der Waals surface area contributed by atoms with Crippen LogP contribution in [0.3, 0.4) is 0 Å². The lowest BCUT2D eigenvalue weighted by molar-refractivity contribution is -0.0872. The maximum absolute atomic E-state index is 11.1.